The summed E-state index contributed by atoms with van der Waals surface area (Å²) >= 11 is 0. The van der Waals surface area contributed by atoms with Gasteiger partial charge in [-0.2, -0.15) is 12.8 Å². The fourth-order valence-corrected chi connectivity index (χ4v) is 1.98. The summed E-state index contributed by atoms with van der Waals surface area (Å²) < 4.78 is 0. The Hall–Kier alpha value is -0.747. The summed E-state index contributed by atoms with van der Waals surface area (Å²) in [5.74, 6) is -4.93. The van der Waals surface area contributed by atoms with E-state index in [9.17, 15) is 19.5 Å². The molecule has 1 atom stereocenters. The van der Waals surface area contributed by atoms with Crippen molar-refractivity contribution in [2.45, 2.75) is 65.4 Å². The molecule has 0 amide bonds. The van der Waals surface area contributed by atoms with Crippen LogP contribution in [0.4, 0.5) is 0 Å². The van der Waals surface area contributed by atoms with Gasteiger partial charge in [0, 0.05) is 0 Å². The van der Waals surface area contributed by atoms with Gasteiger partial charge in [-0.1, -0.05) is 27.7 Å². The summed E-state index contributed by atoms with van der Waals surface area (Å²) in [6, 6.07) is 0. The maximum Gasteiger partial charge on any atom is 2.00 e. The number of rotatable bonds is 7. The number of carboxylic acids is 3. The second-order valence-electron chi connectivity index (χ2n) is 4.83. The standard InChI is InChI=1S/C10H16O7.2C3H7.Zr/c1-3-9(4-2,7(13)14)10(17,8(15)16)5-6(11)12;2*1-3-2;/h17H,3-5H2,1-2H3,(H,11,12)(H,13,14)(H,15,16);2*1,3H2,2H3;/q;2*-1;+2. The van der Waals surface area contributed by atoms with Crippen LogP contribution in [0.1, 0.15) is 59.8 Å². The van der Waals surface area contributed by atoms with Crippen LogP contribution in [-0.2, 0) is 40.6 Å². The second kappa shape index (κ2) is 15.8. The Morgan fingerprint density at radius 1 is 0.833 bits per heavy atom. The normalized spacial score (nSPS) is 12.1. The van der Waals surface area contributed by atoms with Crippen molar-refractivity contribution in [2.75, 3.05) is 0 Å². The Kier molecular flexibility index (Phi) is 20.4. The van der Waals surface area contributed by atoms with Crippen LogP contribution in [0.15, 0.2) is 0 Å². The maximum atomic E-state index is 11.2. The molecule has 0 bridgehead atoms. The number of hydrogen-bond donors (Lipinski definition) is 4. The first-order valence-corrected chi connectivity index (χ1v) is 7.50. The molecule has 1 unspecified atom stereocenters. The average Bonchev–Trinajstić information content (AvgIpc) is 2.40. The molecule has 0 aliphatic carbocycles. The zero-order valence-electron chi connectivity index (χ0n) is 15.0. The van der Waals surface area contributed by atoms with Crippen molar-refractivity contribution in [1.29, 1.82) is 0 Å². The van der Waals surface area contributed by atoms with Crippen LogP contribution < -0.4 is 0 Å². The minimum absolute atomic E-state index is 0. The van der Waals surface area contributed by atoms with E-state index in [1.807, 2.05) is 13.8 Å². The topological polar surface area (TPSA) is 132 Å². The minimum atomic E-state index is -2.83. The van der Waals surface area contributed by atoms with Crippen LogP contribution in [-0.4, -0.2) is 43.9 Å². The van der Waals surface area contributed by atoms with E-state index in [-0.39, 0.29) is 39.0 Å². The van der Waals surface area contributed by atoms with Crippen LogP contribution in [0.2, 0.25) is 0 Å². The predicted molar refractivity (Wildman–Crippen MR) is 86.8 cm³/mol. The molecule has 7 nitrogen and oxygen atoms in total. The number of aliphatic hydroxyl groups is 1. The van der Waals surface area contributed by atoms with Crippen molar-refractivity contribution in [3.8, 4) is 0 Å². The van der Waals surface area contributed by atoms with E-state index in [0.717, 1.165) is 12.8 Å². The predicted octanol–water partition coefficient (Wildman–Crippen LogP) is 2.63. The minimum Gasteiger partial charge on any atom is -0.481 e. The van der Waals surface area contributed by atoms with E-state index in [0.29, 0.717) is 0 Å². The van der Waals surface area contributed by atoms with Crippen molar-refractivity contribution < 1.29 is 61.0 Å². The number of carbonyl (C=O) groups is 3. The van der Waals surface area contributed by atoms with Gasteiger partial charge in [-0.05, 0) is 12.8 Å². The quantitative estimate of drug-likeness (QED) is 0.461. The molecule has 0 fully saturated rings. The molecular weight excluding hydrogens is 395 g/mol. The van der Waals surface area contributed by atoms with Gasteiger partial charge >= 0.3 is 44.1 Å². The third-order valence-corrected chi connectivity index (χ3v) is 3.17. The fourth-order valence-electron chi connectivity index (χ4n) is 1.98. The molecule has 24 heavy (non-hydrogen) atoms. The molecule has 0 aromatic heterocycles. The first-order chi connectivity index (χ1) is 10.5. The van der Waals surface area contributed by atoms with Gasteiger partial charge in [0.05, 0.1) is 6.42 Å². The van der Waals surface area contributed by atoms with E-state index < -0.39 is 35.3 Å². The van der Waals surface area contributed by atoms with Gasteiger partial charge < -0.3 is 34.3 Å². The maximum absolute atomic E-state index is 11.2. The van der Waals surface area contributed by atoms with E-state index in [4.69, 9.17) is 15.3 Å². The largest absolute Gasteiger partial charge is 2.00 e. The van der Waals surface area contributed by atoms with E-state index in [1.165, 1.54) is 13.8 Å². The molecule has 0 aromatic rings. The third kappa shape index (κ3) is 8.93. The van der Waals surface area contributed by atoms with Crippen molar-refractivity contribution in [3.63, 3.8) is 0 Å². The van der Waals surface area contributed by atoms with Crippen LogP contribution >= 0.6 is 0 Å². The molecule has 140 valence electrons. The molecule has 0 heterocycles. The summed E-state index contributed by atoms with van der Waals surface area (Å²) in [5, 5.41) is 36.7. The van der Waals surface area contributed by atoms with Crippen LogP contribution in [0.25, 0.3) is 0 Å². The van der Waals surface area contributed by atoms with Gasteiger partial charge in [0.25, 0.3) is 0 Å². The molecule has 0 aliphatic heterocycles. The summed E-state index contributed by atoms with van der Waals surface area (Å²) in [6.07, 6.45) is 0.472. The number of hydrogen-bond acceptors (Lipinski definition) is 4. The first kappa shape index (κ1) is 31.1. The Balaban J connectivity index is -0.000000248. The van der Waals surface area contributed by atoms with Crippen molar-refractivity contribution >= 4 is 17.9 Å². The van der Waals surface area contributed by atoms with E-state index in [1.54, 1.807) is 0 Å². The fraction of sp³-hybridized carbons (Fsp3) is 0.688. The molecule has 0 spiro atoms. The number of carboxylic acid groups (broad SMARTS) is 3. The smallest absolute Gasteiger partial charge is 0.481 e. The van der Waals surface area contributed by atoms with Gasteiger partial charge in [-0.3, -0.25) is 9.59 Å². The third-order valence-electron chi connectivity index (χ3n) is 3.17. The Morgan fingerprint density at radius 3 is 1.25 bits per heavy atom. The molecule has 8 heteroatoms. The first-order valence-electron chi connectivity index (χ1n) is 7.50. The van der Waals surface area contributed by atoms with Gasteiger partial charge in [0.15, 0.2) is 5.60 Å². The molecule has 0 saturated heterocycles. The van der Waals surface area contributed by atoms with Crippen LogP contribution in [0, 0.1) is 19.3 Å². The molecule has 0 rings (SSSR count). The van der Waals surface area contributed by atoms with Gasteiger partial charge in [0.1, 0.15) is 5.41 Å². The van der Waals surface area contributed by atoms with Crippen molar-refractivity contribution in [3.05, 3.63) is 13.8 Å². The van der Waals surface area contributed by atoms with Gasteiger partial charge in [-0.25, -0.2) is 4.79 Å². The molecular formula is C16H30O7Zr. The second-order valence-corrected chi connectivity index (χ2v) is 4.83. The van der Waals surface area contributed by atoms with Crippen LogP contribution in [0.3, 0.4) is 0 Å². The van der Waals surface area contributed by atoms with E-state index in [2.05, 4.69) is 13.8 Å². The average molecular weight is 426 g/mol. The SMILES string of the molecule is CCC(CC)(C(=O)O)C(O)(CC(=O)O)C(=O)O.[CH2-]CC.[CH2-]CC.[Zr+2]. The number of aliphatic carboxylic acids is 3. The Bertz CT molecular complexity index is 365. The Morgan fingerprint density at radius 2 is 1.12 bits per heavy atom. The summed E-state index contributed by atoms with van der Waals surface area (Å²) in [6.45, 7) is 13.8. The molecule has 0 radical (unpaired) electrons. The zero-order chi connectivity index (χ0) is 19.3. The monoisotopic (exact) mass is 424 g/mol. The zero-order valence-corrected chi connectivity index (χ0v) is 17.4. The van der Waals surface area contributed by atoms with Gasteiger partial charge in [0.2, 0.25) is 0 Å². The summed E-state index contributed by atoms with van der Waals surface area (Å²) in [4.78, 5) is 32.9. The van der Waals surface area contributed by atoms with Crippen molar-refractivity contribution in [2.24, 2.45) is 5.41 Å². The van der Waals surface area contributed by atoms with E-state index >= 15 is 0 Å². The molecule has 0 aliphatic rings. The van der Waals surface area contributed by atoms with Crippen molar-refractivity contribution in [1.82, 2.24) is 0 Å². The molecule has 4 N–H and O–H groups in total. The molecule has 0 aromatic carbocycles. The Labute approximate surface area is 163 Å². The summed E-state index contributed by atoms with van der Waals surface area (Å²) in [5.41, 5.74) is -4.84. The van der Waals surface area contributed by atoms with Gasteiger partial charge in [-0.15, -0.1) is 0 Å². The summed E-state index contributed by atoms with van der Waals surface area (Å²) in [7, 11) is 0. The molecule has 0 saturated carbocycles. The van der Waals surface area contributed by atoms with Crippen LogP contribution in [0.5, 0.6) is 0 Å².